The van der Waals surface area contributed by atoms with Gasteiger partial charge in [-0.2, -0.15) is 0 Å². The summed E-state index contributed by atoms with van der Waals surface area (Å²) < 4.78 is 18.2. The lowest BCUT2D eigenvalue weighted by molar-refractivity contribution is -0.703. The molecule has 0 spiro atoms. The van der Waals surface area contributed by atoms with Crippen LogP contribution in [0.4, 0.5) is 0 Å². The van der Waals surface area contributed by atoms with E-state index in [0.717, 1.165) is 45.2 Å². The third-order valence-corrected chi connectivity index (χ3v) is 15.1. The van der Waals surface area contributed by atoms with Gasteiger partial charge >= 0.3 is 5.96 Å². The molecule has 3 saturated carbocycles. The van der Waals surface area contributed by atoms with Crippen molar-refractivity contribution < 1.29 is 70.1 Å². The lowest BCUT2D eigenvalue weighted by Crippen LogP contribution is -2.95. The predicted molar refractivity (Wildman–Crippen MR) is 207 cm³/mol. The monoisotopic (exact) mass is 829 g/mol. The first kappa shape index (κ1) is 45.6. The molecule has 0 radical (unpaired) electrons. The zero-order valence-corrected chi connectivity index (χ0v) is 34.3. The van der Waals surface area contributed by atoms with Crippen LogP contribution < -0.4 is 38.1 Å². The van der Waals surface area contributed by atoms with E-state index in [2.05, 4.69) is 20.9 Å². The molecule has 0 amide bonds. The lowest BCUT2D eigenvalue weighted by atomic mass is 9.52. The number of ketones is 2. The Morgan fingerprint density at radius 1 is 0.948 bits per heavy atom. The van der Waals surface area contributed by atoms with Gasteiger partial charge < -0.3 is 55.5 Å². The number of Topliss-reactive ketones (excluding diaryl/α,β-unsaturated/α-hetero) is 2. The van der Waals surface area contributed by atoms with Crippen LogP contribution >= 0.6 is 0 Å². The average Bonchev–Trinajstić information content (AvgIpc) is 3.21. The van der Waals surface area contributed by atoms with Crippen LogP contribution in [-0.4, -0.2) is 156 Å². The Morgan fingerprint density at radius 2 is 1.71 bits per heavy atom. The smallest absolute Gasteiger partial charge is 0.341 e. The van der Waals surface area contributed by atoms with Gasteiger partial charge in [0.1, 0.15) is 47.8 Å². The van der Waals surface area contributed by atoms with Crippen molar-refractivity contribution in [3.8, 4) is 0 Å². The number of ether oxygens (including phenoxy) is 3. The van der Waals surface area contributed by atoms with Crippen molar-refractivity contribution >= 4 is 17.5 Å². The number of quaternary nitrogens is 2. The zero-order chi connectivity index (χ0) is 41.9. The van der Waals surface area contributed by atoms with Crippen LogP contribution in [0.25, 0.3) is 0 Å². The van der Waals surface area contributed by atoms with E-state index in [-0.39, 0.29) is 74.0 Å². The normalized spacial score (nSPS) is 45.6. The van der Waals surface area contributed by atoms with Gasteiger partial charge in [-0.1, -0.05) is 0 Å². The van der Waals surface area contributed by atoms with Crippen molar-refractivity contribution in [1.29, 1.82) is 0 Å². The van der Waals surface area contributed by atoms with Crippen LogP contribution in [0.15, 0.2) is 0 Å². The molecule has 3 saturated heterocycles. The Morgan fingerprint density at radius 3 is 2.36 bits per heavy atom. The topological polar surface area (TPSA) is 320 Å². The predicted octanol–water partition coefficient (Wildman–Crippen LogP) is -6.59. The van der Waals surface area contributed by atoms with Gasteiger partial charge in [0.25, 0.3) is 0 Å². The Labute approximate surface area is 341 Å². The quantitative estimate of drug-likeness (QED) is 0.0572. The van der Waals surface area contributed by atoms with E-state index in [9.17, 15) is 40.2 Å². The molecule has 58 heavy (non-hydrogen) atoms. The molecule has 13 unspecified atom stereocenters. The molecule has 0 aromatic heterocycles. The number of carbonyl (C=O) groups excluding carboxylic acids is 2. The molecule has 18 N–H and O–H groups in total. The highest BCUT2D eigenvalue weighted by atomic mass is 16.7. The molecule has 6 rings (SSSR count). The highest BCUT2D eigenvalue weighted by Crippen LogP contribution is 2.52. The fraction of sp³-hybridized carbons (Fsp3) is 0.925. The van der Waals surface area contributed by atoms with Crippen molar-refractivity contribution in [3.63, 3.8) is 0 Å². The van der Waals surface area contributed by atoms with E-state index in [1.54, 1.807) is 7.05 Å². The lowest BCUT2D eigenvalue weighted by Gasteiger charge is -2.54. The Balaban J connectivity index is 1.24. The molecule has 6 fully saturated rings. The molecule has 0 bridgehead atoms. The minimum atomic E-state index is -1.99. The van der Waals surface area contributed by atoms with Gasteiger partial charge in [0.05, 0.1) is 62.9 Å². The molecular weight excluding hydrogens is 754 g/mol. The van der Waals surface area contributed by atoms with Gasteiger partial charge in [-0.25, -0.2) is 0 Å². The third kappa shape index (κ3) is 9.59. The average molecular weight is 829 g/mol. The van der Waals surface area contributed by atoms with Gasteiger partial charge in [-0.15, -0.1) is 0 Å². The Kier molecular flexibility index (Phi) is 15.6. The second-order valence-electron chi connectivity index (χ2n) is 18.4. The van der Waals surface area contributed by atoms with Gasteiger partial charge in [-0.05, 0) is 63.2 Å². The van der Waals surface area contributed by atoms with Crippen LogP contribution in [0, 0.1) is 47.3 Å². The molecule has 332 valence electrons. The molecule has 0 aromatic rings. The van der Waals surface area contributed by atoms with Crippen molar-refractivity contribution in [1.82, 2.24) is 5.32 Å². The number of nitrogens with two attached hydrogens (primary N) is 5. The largest absolute Gasteiger partial charge is 0.396 e. The number of hydrogen-bond donors (Lipinski definition) is 13. The number of aliphatic hydroxyl groups excluding tert-OH is 5. The molecule has 18 heteroatoms. The molecule has 19 atom stereocenters. The van der Waals surface area contributed by atoms with E-state index in [4.69, 9.17) is 31.4 Å². The number of aliphatic hydroxyl groups is 6. The maximum Gasteiger partial charge on any atom is 0.341 e. The summed E-state index contributed by atoms with van der Waals surface area (Å²) in [5.74, 6) is -3.85. The molecule has 3 aliphatic heterocycles. The summed E-state index contributed by atoms with van der Waals surface area (Å²) in [5, 5.41) is 75.1. The molecule has 18 nitrogen and oxygen atoms in total. The number of carbonyl (C=O) groups is 2. The first-order valence-electron chi connectivity index (χ1n) is 21.9. The number of piperidine rings is 2. The van der Waals surface area contributed by atoms with Crippen LogP contribution in [-0.2, 0) is 23.8 Å². The minimum Gasteiger partial charge on any atom is -0.396 e. The molecule has 0 aromatic carbocycles. The molecule has 3 heterocycles. The second kappa shape index (κ2) is 19.9. The number of hydrogen-bond acceptors (Lipinski definition) is 13. The van der Waals surface area contributed by atoms with E-state index in [1.165, 1.54) is 7.11 Å². The van der Waals surface area contributed by atoms with Crippen LogP contribution in [0.3, 0.4) is 0 Å². The second-order valence-corrected chi connectivity index (χ2v) is 18.4. The summed E-state index contributed by atoms with van der Waals surface area (Å²) in [4.78, 5) is 32.6. The SMILES string of the molecule is C[NH+]=C(N)N[C@@H](CCO)C1C(CCC2CCC(N)[NH2+]C2)CC2C(=O)C3CC(OC)CC(O[C@H]4O[C@H](CO)[C@](O)(CCC5CC[NH2+]C(N)C5)[C@H](O)[C@H]4O)C3C(=O)C2C1O. The fourth-order valence-electron chi connectivity index (χ4n) is 11.8. The number of fused-ring (bicyclic) bond motifs is 2. The highest BCUT2D eigenvalue weighted by molar-refractivity contribution is 6.00. The maximum atomic E-state index is 15.0. The van der Waals surface area contributed by atoms with Gasteiger partial charge in [0, 0.05) is 63.1 Å². The molecular formula is C40H74N7O11+3. The first-order chi connectivity index (χ1) is 27.7. The van der Waals surface area contributed by atoms with Crippen LogP contribution in [0.2, 0.25) is 0 Å². The maximum absolute atomic E-state index is 15.0. The van der Waals surface area contributed by atoms with Gasteiger partial charge in [0.15, 0.2) is 6.29 Å². The molecule has 3 aliphatic carbocycles. The Bertz CT molecular complexity index is 1400. The molecule has 6 aliphatic rings. The van der Waals surface area contributed by atoms with Crippen molar-refractivity contribution in [3.05, 3.63) is 0 Å². The number of methoxy groups -OCH3 is 1. The summed E-state index contributed by atoms with van der Waals surface area (Å²) in [6, 6.07) is -0.503. The summed E-state index contributed by atoms with van der Waals surface area (Å²) in [7, 11) is 3.19. The van der Waals surface area contributed by atoms with E-state index >= 15 is 0 Å². The summed E-state index contributed by atoms with van der Waals surface area (Å²) in [6.45, 7) is 0.886. The highest BCUT2D eigenvalue weighted by Gasteiger charge is 2.63. The van der Waals surface area contributed by atoms with Gasteiger partial charge in [-0.3, -0.25) is 37.1 Å². The van der Waals surface area contributed by atoms with Crippen LogP contribution in [0.5, 0.6) is 0 Å². The van der Waals surface area contributed by atoms with E-state index in [1.807, 2.05) is 0 Å². The standard InChI is InChI=1S/C40H71N7O11/c1-44-39(43)47-25(9-12-48)30-21(5-3-20-4-6-28(41)46-17-20)14-23-32(34(30)51)35(52)31-24(33(23)50)15-22(56-2)16-26(31)57-38-36(53)37(54)40(55,27(18-49)58-38)10-7-19-8-11-45-29(42)13-19/h19-32,34,36-38,45-46,48-49,51,53-55H,3-18,41-42H2,1-2H3,(H3,43,44,47)/p+3/t19?,20?,21?,22?,23?,24?,25-,26?,27+,28?,29?,30?,31?,32?,34?,36+,37+,38-,40+/m0/s1. The number of rotatable bonds is 14. The summed E-state index contributed by atoms with van der Waals surface area (Å²) in [5.41, 5.74) is 16.5. The number of guanidine groups is 1. The fourth-order valence-corrected chi connectivity index (χ4v) is 11.8. The first-order valence-corrected chi connectivity index (χ1v) is 21.9. The van der Waals surface area contributed by atoms with E-state index in [0.29, 0.717) is 25.2 Å². The van der Waals surface area contributed by atoms with Gasteiger partial charge in [0.2, 0.25) is 0 Å². The Hall–Kier alpha value is -1.91. The third-order valence-electron chi connectivity index (χ3n) is 15.1. The summed E-state index contributed by atoms with van der Waals surface area (Å²) >= 11 is 0. The van der Waals surface area contributed by atoms with Crippen LogP contribution in [0.1, 0.15) is 77.0 Å². The van der Waals surface area contributed by atoms with E-state index < -0.39 is 90.8 Å². The zero-order valence-electron chi connectivity index (χ0n) is 34.3. The number of nitrogens with one attached hydrogen (secondary N) is 2. The van der Waals surface area contributed by atoms with Crippen molar-refractivity contribution in [2.24, 2.45) is 64.5 Å². The van der Waals surface area contributed by atoms with Crippen molar-refractivity contribution in [2.45, 2.75) is 144 Å². The minimum absolute atomic E-state index is 0.0493. The summed E-state index contributed by atoms with van der Waals surface area (Å²) in [6.07, 6.45) is -2.34. The van der Waals surface area contributed by atoms with Crippen molar-refractivity contribution in [2.75, 3.05) is 40.5 Å².